The van der Waals surface area contributed by atoms with E-state index in [2.05, 4.69) is 155 Å². The summed E-state index contributed by atoms with van der Waals surface area (Å²) in [6, 6.07) is 53.1. The zero-order chi connectivity index (χ0) is 34.6. The largest absolute Gasteiger partial charge is 0.454 e. The van der Waals surface area contributed by atoms with Gasteiger partial charge in [0.1, 0.15) is 11.2 Å². The first kappa shape index (κ1) is 29.4. The van der Waals surface area contributed by atoms with Crippen LogP contribution in [0, 0.1) is 0 Å². The van der Waals surface area contributed by atoms with E-state index in [0.717, 1.165) is 55.3 Å². The van der Waals surface area contributed by atoms with Crippen molar-refractivity contribution in [3.05, 3.63) is 151 Å². The van der Waals surface area contributed by atoms with Crippen molar-refractivity contribution in [3.8, 4) is 0 Å². The Kier molecular flexibility index (Phi) is 6.18. The molecule has 0 radical (unpaired) electrons. The summed E-state index contributed by atoms with van der Waals surface area (Å²) in [4.78, 5) is 5.02. The predicted octanol–water partition coefficient (Wildman–Crippen LogP) is 11.6. The molecule has 2 aromatic heterocycles. The van der Waals surface area contributed by atoms with Crippen molar-refractivity contribution in [2.75, 3.05) is 9.80 Å². The molecule has 0 saturated heterocycles. The molecular formula is C48H35BN2O2. The van der Waals surface area contributed by atoms with Crippen LogP contribution in [0.15, 0.2) is 154 Å². The quantitative estimate of drug-likeness (QED) is 0.174. The van der Waals surface area contributed by atoms with Crippen molar-refractivity contribution in [3.63, 3.8) is 0 Å². The summed E-state index contributed by atoms with van der Waals surface area (Å²) >= 11 is 0. The third-order valence-electron chi connectivity index (χ3n) is 12.2. The first-order valence-corrected chi connectivity index (χ1v) is 19.1. The van der Waals surface area contributed by atoms with E-state index >= 15 is 0 Å². The predicted molar refractivity (Wildman–Crippen MR) is 221 cm³/mol. The average molecular weight is 683 g/mol. The highest BCUT2D eigenvalue weighted by atomic mass is 16.3. The fraction of sp³-hybridized carbons (Fsp3) is 0.125. The summed E-state index contributed by atoms with van der Waals surface area (Å²) in [6.45, 7) is 0.00954. The van der Waals surface area contributed by atoms with Gasteiger partial charge < -0.3 is 18.6 Å². The van der Waals surface area contributed by atoms with Crippen LogP contribution in [0.4, 0.5) is 34.1 Å². The third-order valence-corrected chi connectivity index (χ3v) is 12.2. The van der Waals surface area contributed by atoms with E-state index in [1.54, 1.807) is 0 Å². The number of nitrogens with zero attached hydrogens (tertiary/aromatic N) is 2. The molecule has 53 heavy (non-hydrogen) atoms. The van der Waals surface area contributed by atoms with Gasteiger partial charge in [0, 0.05) is 44.3 Å². The van der Waals surface area contributed by atoms with E-state index in [-0.39, 0.29) is 6.71 Å². The van der Waals surface area contributed by atoms with Crippen LogP contribution >= 0.6 is 0 Å². The third kappa shape index (κ3) is 4.13. The number of anilines is 6. The SMILES string of the molecule is c1ccc(N2c3ccccc3B3c4ccc5c(oc6ccccc65)c4N(c4cccc5c4oc4ccccc45)c4cc(C5CCCCC5)cc2c43)cc1. The Morgan fingerprint density at radius 2 is 1.09 bits per heavy atom. The van der Waals surface area contributed by atoms with Crippen molar-refractivity contribution in [1.29, 1.82) is 0 Å². The molecule has 9 aromatic rings. The zero-order valence-electron chi connectivity index (χ0n) is 29.3. The lowest BCUT2D eigenvalue weighted by Gasteiger charge is -2.44. The van der Waals surface area contributed by atoms with Crippen LogP contribution < -0.4 is 26.2 Å². The minimum absolute atomic E-state index is 0.00954. The molecule has 252 valence electrons. The van der Waals surface area contributed by atoms with Crippen molar-refractivity contribution in [2.45, 2.75) is 38.0 Å². The Morgan fingerprint density at radius 1 is 0.472 bits per heavy atom. The van der Waals surface area contributed by atoms with E-state index in [9.17, 15) is 0 Å². The van der Waals surface area contributed by atoms with Gasteiger partial charge in [0.15, 0.2) is 11.2 Å². The van der Waals surface area contributed by atoms with Crippen molar-refractivity contribution in [2.24, 2.45) is 0 Å². The van der Waals surface area contributed by atoms with Gasteiger partial charge in [0.05, 0.1) is 11.4 Å². The molecule has 1 fully saturated rings. The summed E-state index contributed by atoms with van der Waals surface area (Å²) in [6.07, 6.45) is 6.29. The topological polar surface area (TPSA) is 32.8 Å². The highest BCUT2D eigenvalue weighted by molar-refractivity contribution is 7.00. The molecule has 1 saturated carbocycles. The van der Waals surface area contributed by atoms with Gasteiger partial charge in [-0.25, -0.2) is 0 Å². The summed E-state index contributed by atoms with van der Waals surface area (Å²) in [5.74, 6) is 0.505. The fourth-order valence-corrected chi connectivity index (χ4v) is 9.91. The summed E-state index contributed by atoms with van der Waals surface area (Å²) in [5, 5.41) is 4.51. The second-order valence-corrected chi connectivity index (χ2v) is 15.0. The number of rotatable bonds is 3. The molecule has 3 aliphatic rings. The smallest absolute Gasteiger partial charge is 0.252 e. The summed E-state index contributed by atoms with van der Waals surface area (Å²) in [5.41, 5.74) is 15.9. The van der Waals surface area contributed by atoms with E-state index in [1.165, 1.54) is 76.8 Å². The molecule has 7 aromatic carbocycles. The Hall–Kier alpha value is -6.20. The van der Waals surface area contributed by atoms with Gasteiger partial charge in [0.2, 0.25) is 0 Å². The van der Waals surface area contributed by atoms with Gasteiger partial charge in [-0.1, -0.05) is 116 Å². The van der Waals surface area contributed by atoms with Gasteiger partial charge in [-0.15, -0.1) is 0 Å². The molecule has 0 bridgehead atoms. The molecule has 4 nitrogen and oxygen atoms in total. The van der Waals surface area contributed by atoms with E-state index in [4.69, 9.17) is 8.83 Å². The molecule has 0 amide bonds. The maximum atomic E-state index is 6.97. The lowest BCUT2D eigenvalue weighted by atomic mass is 9.33. The van der Waals surface area contributed by atoms with Crippen LogP contribution in [0.2, 0.25) is 0 Å². The summed E-state index contributed by atoms with van der Waals surface area (Å²) in [7, 11) is 0. The molecule has 0 N–H and O–H groups in total. The molecule has 1 aliphatic carbocycles. The van der Waals surface area contributed by atoms with E-state index in [0.29, 0.717) is 5.92 Å². The Morgan fingerprint density at radius 3 is 1.89 bits per heavy atom. The molecule has 4 heterocycles. The van der Waals surface area contributed by atoms with Gasteiger partial charge in [-0.3, -0.25) is 0 Å². The Balaban J connectivity index is 1.25. The lowest BCUT2D eigenvalue weighted by Crippen LogP contribution is -2.61. The van der Waals surface area contributed by atoms with Crippen LogP contribution in [0.1, 0.15) is 43.6 Å². The van der Waals surface area contributed by atoms with Crippen LogP contribution in [-0.2, 0) is 0 Å². The first-order valence-electron chi connectivity index (χ1n) is 19.1. The van der Waals surface area contributed by atoms with Gasteiger partial charge in [-0.2, -0.15) is 0 Å². The Labute approximate surface area is 307 Å². The molecule has 0 spiro atoms. The average Bonchev–Trinajstić information content (AvgIpc) is 3.80. The van der Waals surface area contributed by atoms with Crippen molar-refractivity contribution >= 4 is 101 Å². The second kappa shape index (κ2) is 11.2. The maximum absolute atomic E-state index is 6.97. The van der Waals surface area contributed by atoms with Crippen molar-refractivity contribution < 1.29 is 8.83 Å². The van der Waals surface area contributed by atoms with Crippen LogP contribution in [0.3, 0.4) is 0 Å². The minimum Gasteiger partial charge on any atom is -0.454 e. The molecule has 0 unspecified atom stereocenters. The number of fused-ring (bicyclic) bond motifs is 11. The normalized spacial score (nSPS) is 15.4. The van der Waals surface area contributed by atoms with Gasteiger partial charge in [0.25, 0.3) is 6.71 Å². The van der Waals surface area contributed by atoms with Crippen LogP contribution in [0.25, 0.3) is 43.9 Å². The fourth-order valence-electron chi connectivity index (χ4n) is 9.91. The van der Waals surface area contributed by atoms with Crippen LogP contribution in [0.5, 0.6) is 0 Å². The highest BCUT2D eigenvalue weighted by Crippen LogP contribution is 2.50. The maximum Gasteiger partial charge on any atom is 0.252 e. The molecule has 0 atom stereocenters. The standard InChI is InChI=1S/C48H35BN2O2/c1-3-14-30(15-4-1)31-28-41-45-42(29-31)51(40-23-13-20-35-33-18-7-11-24-43(33)52-47(35)40)46-38(27-26-36-34-19-8-12-25-44(34)53-48(36)46)49(45)37-21-9-10-22-39(37)50(41)32-16-5-2-6-17-32/h2,5-13,16-30H,1,3-4,14-15H2. The number of benzene rings is 7. The highest BCUT2D eigenvalue weighted by Gasteiger charge is 2.45. The van der Waals surface area contributed by atoms with Crippen LogP contribution in [-0.4, -0.2) is 6.71 Å². The lowest BCUT2D eigenvalue weighted by molar-refractivity contribution is 0.444. The van der Waals surface area contributed by atoms with E-state index in [1.807, 2.05) is 0 Å². The van der Waals surface area contributed by atoms with Gasteiger partial charge >= 0.3 is 0 Å². The zero-order valence-corrected chi connectivity index (χ0v) is 29.3. The minimum atomic E-state index is 0.00954. The molecule has 12 rings (SSSR count). The monoisotopic (exact) mass is 682 g/mol. The molecular weight excluding hydrogens is 647 g/mol. The number of furan rings is 2. The van der Waals surface area contributed by atoms with E-state index < -0.39 is 0 Å². The van der Waals surface area contributed by atoms with Crippen molar-refractivity contribution in [1.82, 2.24) is 0 Å². The number of hydrogen-bond donors (Lipinski definition) is 0. The summed E-state index contributed by atoms with van der Waals surface area (Å²) < 4.78 is 13.8. The van der Waals surface area contributed by atoms with Gasteiger partial charge in [-0.05, 0) is 89.2 Å². The number of para-hydroxylation sites is 5. The molecule has 5 heteroatoms. The molecule has 2 aliphatic heterocycles. The second-order valence-electron chi connectivity index (χ2n) is 15.0. The number of hydrogen-bond acceptors (Lipinski definition) is 4. The Bertz CT molecular complexity index is 2920. The first-order chi connectivity index (χ1) is 26.3.